The lowest BCUT2D eigenvalue weighted by molar-refractivity contribution is 0.405. The highest BCUT2D eigenvalue weighted by Crippen LogP contribution is 2.23. The highest BCUT2D eigenvalue weighted by atomic mass is 32.2. The van der Waals surface area contributed by atoms with Gasteiger partial charge < -0.3 is 0 Å². The molecule has 0 unspecified atom stereocenters. The average molecular weight is 361 g/mol. The second kappa shape index (κ2) is 6.88. The van der Waals surface area contributed by atoms with Gasteiger partial charge in [-0.15, -0.1) is 0 Å². The maximum atomic E-state index is 12.9. The van der Waals surface area contributed by atoms with Crippen LogP contribution in [0.4, 0.5) is 0 Å². The van der Waals surface area contributed by atoms with Crippen molar-refractivity contribution in [3.05, 3.63) is 29.3 Å². The fraction of sp³-hybridized carbons (Fsp3) is 0.600. The minimum atomic E-state index is -3.60. The number of rotatable bonds is 4. The molecule has 0 amide bonds. The predicted octanol–water partition coefficient (Wildman–Crippen LogP) is 1.35. The molecule has 0 aromatic heterocycles. The Hall–Kier alpha value is -0.960. The summed E-state index contributed by atoms with van der Waals surface area (Å²) in [4.78, 5) is 0.310. The van der Waals surface area contributed by atoms with Crippen molar-refractivity contribution in [1.82, 2.24) is 8.61 Å². The van der Waals surface area contributed by atoms with E-state index in [4.69, 9.17) is 0 Å². The van der Waals surface area contributed by atoms with E-state index in [0.29, 0.717) is 30.0 Å². The summed E-state index contributed by atoms with van der Waals surface area (Å²) in [7, 11) is -6.88. The summed E-state index contributed by atoms with van der Waals surface area (Å²) < 4.78 is 52.6. The minimum absolute atomic E-state index is 0.0384. The van der Waals surface area contributed by atoms with Gasteiger partial charge in [-0.1, -0.05) is 12.1 Å². The van der Waals surface area contributed by atoms with Gasteiger partial charge in [0.2, 0.25) is 20.0 Å². The number of benzene rings is 1. The van der Waals surface area contributed by atoms with Gasteiger partial charge in [-0.25, -0.2) is 21.1 Å². The smallest absolute Gasteiger partial charge is 0.212 e. The zero-order valence-electron chi connectivity index (χ0n) is 13.8. The molecule has 23 heavy (non-hydrogen) atoms. The molecule has 6 nitrogen and oxygen atoms in total. The first-order valence-electron chi connectivity index (χ1n) is 7.73. The summed E-state index contributed by atoms with van der Waals surface area (Å²) in [6.07, 6.45) is 0.503. The molecule has 0 spiro atoms. The molecule has 0 radical (unpaired) electrons. The number of hydrogen-bond acceptors (Lipinski definition) is 4. The average Bonchev–Trinajstić information content (AvgIpc) is 2.76. The van der Waals surface area contributed by atoms with E-state index in [1.165, 1.54) is 8.61 Å². The summed E-state index contributed by atoms with van der Waals surface area (Å²) in [6, 6.07) is 5.36. The second-order valence-electron chi connectivity index (χ2n) is 5.83. The van der Waals surface area contributed by atoms with Gasteiger partial charge >= 0.3 is 0 Å². The van der Waals surface area contributed by atoms with E-state index >= 15 is 0 Å². The molecule has 2 rings (SSSR count). The molecule has 130 valence electrons. The first-order valence-corrected chi connectivity index (χ1v) is 10.8. The molecule has 1 heterocycles. The maximum absolute atomic E-state index is 12.9. The van der Waals surface area contributed by atoms with Crippen LogP contribution in [0.3, 0.4) is 0 Å². The number of sulfonamides is 2. The molecule has 0 N–H and O–H groups in total. The van der Waals surface area contributed by atoms with Crippen LogP contribution in [-0.4, -0.2) is 57.4 Å². The Bertz CT molecular complexity index is 773. The topological polar surface area (TPSA) is 74.8 Å². The van der Waals surface area contributed by atoms with Gasteiger partial charge in [0.1, 0.15) is 0 Å². The van der Waals surface area contributed by atoms with Crippen molar-refractivity contribution in [2.45, 2.75) is 32.1 Å². The molecular weight excluding hydrogens is 336 g/mol. The van der Waals surface area contributed by atoms with Gasteiger partial charge in [0.05, 0.1) is 10.6 Å². The molecule has 1 saturated heterocycles. The predicted molar refractivity (Wildman–Crippen MR) is 90.3 cm³/mol. The standard InChI is InChI=1S/C15H24N2O4S2/c1-4-22(18,19)16-8-5-9-17(11-10-16)23(20,21)15-12-13(2)6-7-14(15)3/h6-7,12H,4-5,8-11H2,1-3H3. The van der Waals surface area contributed by atoms with E-state index in [-0.39, 0.29) is 18.8 Å². The molecule has 8 heteroatoms. The van der Waals surface area contributed by atoms with Gasteiger partial charge in [-0.3, -0.25) is 0 Å². The molecular formula is C15H24N2O4S2. The van der Waals surface area contributed by atoms with E-state index in [2.05, 4.69) is 0 Å². The van der Waals surface area contributed by atoms with Gasteiger partial charge in [-0.2, -0.15) is 4.31 Å². The summed E-state index contributed by atoms with van der Waals surface area (Å²) in [5, 5.41) is 0. The lowest BCUT2D eigenvalue weighted by Crippen LogP contribution is -2.38. The van der Waals surface area contributed by atoms with Crippen LogP contribution in [0, 0.1) is 13.8 Å². The summed E-state index contributed by atoms with van der Waals surface area (Å²) in [5.74, 6) is 0.0384. The van der Waals surface area contributed by atoms with Crippen molar-refractivity contribution < 1.29 is 16.8 Å². The van der Waals surface area contributed by atoms with Crippen LogP contribution in [0.2, 0.25) is 0 Å². The third-order valence-corrected chi connectivity index (χ3v) is 8.06. The molecule has 1 aromatic carbocycles. The minimum Gasteiger partial charge on any atom is -0.212 e. The molecule has 1 aromatic rings. The zero-order chi connectivity index (χ0) is 17.3. The Kier molecular flexibility index (Phi) is 5.50. The Labute approximate surface area is 139 Å². The summed E-state index contributed by atoms with van der Waals surface area (Å²) in [6.45, 7) is 6.34. The molecule has 0 bridgehead atoms. The van der Waals surface area contributed by atoms with Gasteiger partial charge in [-0.05, 0) is 44.4 Å². The van der Waals surface area contributed by atoms with Crippen molar-refractivity contribution in [3.63, 3.8) is 0 Å². The van der Waals surface area contributed by atoms with Crippen LogP contribution < -0.4 is 0 Å². The van der Waals surface area contributed by atoms with Gasteiger partial charge in [0.25, 0.3) is 0 Å². The van der Waals surface area contributed by atoms with E-state index in [1.807, 2.05) is 13.0 Å². The van der Waals surface area contributed by atoms with Crippen LogP contribution in [0.5, 0.6) is 0 Å². The van der Waals surface area contributed by atoms with Crippen molar-refractivity contribution >= 4 is 20.0 Å². The van der Waals surface area contributed by atoms with Crippen molar-refractivity contribution in [3.8, 4) is 0 Å². The number of nitrogens with zero attached hydrogens (tertiary/aromatic N) is 2. The highest BCUT2D eigenvalue weighted by molar-refractivity contribution is 7.89. The Morgan fingerprint density at radius 1 is 0.957 bits per heavy atom. The van der Waals surface area contributed by atoms with Crippen LogP contribution >= 0.6 is 0 Å². The Morgan fingerprint density at radius 2 is 1.57 bits per heavy atom. The van der Waals surface area contributed by atoms with Gasteiger partial charge in [0, 0.05) is 26.2 Å². The third-order valence-electron chi connectivity index (χ3n) is 4.13. The van der Waals surface area contributed by atoms with E-state index in [1.54, 1.807) is 26.0 Å². The van der Waals surface area contributed by atoms with Crippen LogP contribution in [-0.2, 0) is 20.0 Å². The second-order valence-corrected chi connectivity index (χ2v) is 9.99. The van der Waals surface area contributed by atoms with Crippen LogP contribution in [0.25, 0.3) is 0 Å². The van der Waals surface area contributed by atoms with Crippen molar-refractivity contribution in [1.29, 1.82) is 0 Å². The van der Waals surface area contributed by atoms with E-state index < -0.39 is 20.0 Å². The van der Waals surface area contributed by atoms with E-state index in [0.717, 1.165) is 5.56 Å². The number of aryl methyl sites for hydroxylation is 2. The molecule has 1 fully saturated rings. The van der Waals surface area contributed by atoms with Crippen molar-refractivity contribution in [2.24, 2.45) is 0 Å². The number of hydrogen-bond donors (Lipinski definition) is 0. The molecule has 1 aliphatic heterocycles. The lowest BCUT2D eigenvalue weighted by atomic mass is 10.2. The summed E-state index contributed by atoms with van der Waals surface area (Å²) >= 11 is 0. The normalized spacial score (nSPS) is 18.7. The van der Waals surface area contributed by atoms with Crippen molar-refractivity contribution in [2.75, 3.05) is 31.9 Å². The molecule has 0 saturated carbocycles. The Balaban J connectivity index is 2.27. The van der Waals surface area contributed by atoms with Crippen LogP contribution in [0.15, 0.2) is 23.1 Å². The largest absolute Gasteiger partial charge is 0.243 e. The highest BCUT2D eigenvalue weighted by Gasteiger charge is 2.30. The maximum Gasteiger partial charge on any atom is 0.243 e. The monoisotopic (exact) mass is 360 g/mol. The molecule has 0 aliphatic carbocycles. The fourth-order valence-electron chi connectivity index (χ4n) is 2.70. The summed E-state index contributed by atoms with van der Waals surface area (Å²) in [5.41, 5.74) is 1.59. The van der Waals surface area contributed by atoms with Crippen LogP contribution in [0.1, 0.15) is 24.5 Å². The molecule has 1 aliphatic rings. The third kappa shape index (κ3) is 3.93. The lowest BCUT2D eigenvalue weighted by Gasteiger charge is -2.22. The quantitative estimate of drug-likeness (QED) is 0.812. The van der Waals surface area contributed by atoms with Gasteiger partial charge in [0.15, 0.2) is 0 Å². The Morgan fingerprint density at radius 3 is 2.22 bits per heavy atom. The first kappa shape index (κ1) is 18.4. The van der Waals surface area contributed by atoms with E-state index in [9.17, 15) is 16.8 Å². The zero-order valence-corrected chi connectivity index (χ0v) is 15.5. The fourth-order valence-corrected chi connectivity index (χ4v) is 5.61. The SMILES string of the molecule is CCS(=O)(=O)N1CCCN(S(=O)(=O)c2cc(C)ccc2C)CC1. The first-order chi connectivity index (χ1) is 10.7. The molecule has 0 atom stereocenters.